The van der Waals surface area contributed by atoms with E-state index in [1.54, 1.807) is 7.11 Å². The molecule has 0 aliphatic carbocycles. The number of methoxy groups -OCH3 is 1. The van der Waals surface area contributed by atoms with E-state index in [0.29, 0.717) is 37.7 Å². The molecule has 1 amide bonds. The summed E-state index contributed by atoms with van der Waals surface area (Å²) in [5, 5.41) is 3.87. The van der Waals surface area contributed by atoms with E-state index >= 15 is 0 Å². The first kappa shape index (κ1) is 20.8. The van der Waals surface area contributed by atoms with Crippen LogP contribution in [0.1, 0.15) is 32.8 Å². The van der Waals surface area contributed by atoms with Gasteiger partial charge in [0, 0.05) is 24.6 Å². The SMILES string of the molecule is COCc1c(C(=O)NCc2ccccc2COCc2ccccc2)oc2ccccc12. The van der Waals surface area contributed by atoms with Crippen molar-refractivity contribution in [1.29, 1.82) is 0 Å². The average Bonchev–Trinajstić information content (AvgIpc) is 3.18. The molecule has 0 saturated carbocycles. The Morgan fingerprint density at radius 3 is 2.35 bits per heavy atom. The van der Waals surface area contributed by atoms with Crippen LogP contribution in [0.5, 0.6) is 0 Å². The molecule has 4 aromatic rings. The van der Waals surface area contributed by atoms with Crippen molar-refractivity contribution in [3.05, 3.63) is 107 Å². The Balaban J connectivity index is 1.43. The van der Waals surface area contributed by atoms with Crippen molar-refractivity contribution in [1.82, 2.24) is 5.32 Å². The molecule has 0 aliphatic heterocycles. The molecule has 3 aromatic carbocycles. The van der Waals surface area contributed by atoms with Crippen LogP contribution in [0.25, 0.3) is 11.0 Å². The van der Waals surface area contributed by atoms with Gasteiger partial charge in [0.05, 0.1) is 19.8 Å². The van der Waals surface area contributed by atoms with Crippen LogP contribution in [0.2, 0.25) is 0 Å². The highest BCUT2D eigenvalue weighted by Gasteiger charge is 2.20. The number of rotatable bonds is 9. The van der Waals surface area contributed by atoms with E-state index in [0.717, 1.165) is 27.6 Å². The molecule has 0 unspecified atom stereocenters. The van der Waals surface area contributed by atoms with Gasteiger partial charge < -0.3 is 19.2 Å². The maximum absolute atomic E-state index is 12.9. The van der Waals surface area contributed by atoms with Crippen LogP contribution in [-0.2, 0) is 35.8 Å². The summed E-state index contributed by atoms with van der Waals surface area (Å²) in [6.07, 6.45) is 0. The topological polar surface area (TPSA) is 60.7 Å². The zero-order chi connectivity index (χ0) is 21.5. The maximum Gasteiger partial charge on any atom is 0.287 e. The second-order valence-corrected chi connectivity index (χ2v) is 7.27. The van der Waals surface area contributed by atoms with Crippen molar-refractivity contribution in [3.8, 4) is 0 Å². The van der Waals surface area contributed by atoms with E-state index in [4.69, 9.17) is 13.9 Å². The molecule has 1 aromatic heterocycles. The molecule has 5 nitrogen and oxygen atoms in total. The Bertz CT molecular complexity index is 1150. The molecule has 0 fully saturated rings. The van der Waals surface area contributed by atoms with Crippen molar-refractivity contribution in [2.75, 3.05) is 7.11 Å². The summed E-state index contributed by atoms with van der Waals surface area (Å²) in [7, 11) is 1.61. The fourth-order valence-corrected chi connectivity index (χ4v) is 3.55. The lowest BCUT2D eigenvalue weighted by atomic mass is 10.1. The van der Waals surface area contributed by atoms with E-state index < -0.39 is 0 Å². The van der Waals surface area contributed by atoms with Crippen LogP contribution < -0.4 is 5.32 Å². The lowest BCUT2D eigenvalue weighted by Gasteiger charge is -2.11. The number of benzene rings is 3. The molecule has 158 valence electrons. The lowest BCUT2D eigenvalue weighted by molar-refractivity contribution is 0.0916. The van der Waals surface area contributed by atoms with Crippen LogP contribution in [0.3, 0.4) is 0 Å². The molecule has 0 atom stereocenters. The highest BCUT2D eigenvalue weighted by Crippen LogP contribution is 2.26. The van der Waals surface area contributed by atoms with Gasteiger partial charge in [-0.05, 0) is 22.8 Å². The smallest absolute Gasteiger partial charge is 0.287 e. The maximum atomic E-state index is 12.9. The van der Waals surface area contributed by atoms with Crippen LogP contribution in [0.4, 0.5) is 0 Å². The zero-order valence-corrected chi connectivity index (χ0v) is 17.5. The molecular weight excluding hydrogens is 390 g/mol. The van der Waals surface area contributed by atoms with Crippen molar-refractivity contribution in [3.63, 3.8) is 0 Å². The van der Waals surface area contributed by atoms with Gasteiger partial charge in [-0.15, -0.1) is 0 Å². The number of hydrogen-bond acceptors (Lipinski definition) is 4. The first-order valence-corrected chi connectivity index (χ1v) is 10.2. The average molecular weight is 415 g/mol. The third-order valence-electron chi connectivity index (χ3n) is 5.12. The van der Waals surface area contributed by atoms with E-state index in [1.807, 2.05) is 78.9 Å². The number of amides is 1. The van der Waals surface area contributed by atoms with Crippen molar-refractivity contribution >= 4 is 16.9 Å². The summed E-state index contributed by atoms with van der Waals surface area (Å²) < 4.78 is 17.0. The number of fused-ring (bicyclic) bond motifs is 1. The van der Waals surface area contributed by atoms with Crippen LogP contribution in [0, 0.1) is 0 Å². The normalized spacial score (nSPS) is 11.0. The number of hydrogen-bond donors (Lipinski definition) is 1. The fraction of sp³-hybridized carbons (Fsp3) is 0.192. The molecule has 0 spiro atoms. The summed E-state index contributed by atoms with van der Waals surface area (Å²) in [5.74, 6) is 0.0316. The number of para-hydroxylation sites is 1. The van der Waals surface area contributed by atoms with Gasteiger partial charge in [-0.3, -0.25) is 4.79 Å². The van der Waals surface area contributed by atoms with Gasteiger partial charge in [-0.2, -0.15) is 0 Å². The molecule has 31 heavy (non-hydrogen) atoms. The Morgan fingerprint density at radius 1 is 0.839 bits per heavy atom. The highest BCUT2D eigenvalue weighted by atomic mass is 16.5. The largest absolute Gasteiger partial charge is 0.451 e. The second-order valence-electron chi connectivity index (χ2n) is 7.27. The number of nitrogens with one attached hydrogen (secondary N) is 1. The van der Waals surface area contributed by atoms with Crippen molar-refractivity contribution in [2.24, 2.45) is 0 Å². The quantitative estimate of drug-likeness (QED) is 0.407. The number of ether oxygens (including phenoxy) is 2. The van der Waals surface area contributed by atoms with Gasteiger partial charge in [0.25, 0.3) is 5.91 Å². The molecule has 5 heteroatoms. The Hall–Kier alpha value is -3.41. The molecule has 4 rings (SSSR count). The van der Waals surface area contributed by atoms with Gasteiger partial charge in [0.1, 0.15) is 5.58 Å². The van der Waals surface area contributed by atoms with Gasteiger partial charge in [0.2, 0.25) is 0 Å². The zero-order valence-electron chi connectivity index (χ0n) is 17.5. The molecule has 1 heterocycles. The highest BCUT2D eigenvalue weighted by molar-refractivity contribution is 5.99. The minimum Gasteiger partial charge on any atom is -0.451 e. The molecule has 1 N–H and O–H groups in total. The van der Waals surface area contributed by atoms with E-state index in [2.05, 4.69) is 5.32 Å². The van der Waals surface area contributed by atoms with Gasteiger partial charge in [0.15, 0.2) is 5.76 Å². The molecule has 0 radical (unpaired) electrons. The van der Waals surface area contributed by atoms with Crippen LogP contribution in [-0.4, -0.2) is 13.0 Å². The van der Waals surface area contributed by atoms with E-state index in [9.17, 15) is 4.79 Å². The summed E-state index contributed by atoms with van der Waals surface area (Å²) in [6.45, 7) is 1.71. The summed E-state index contributed by atoms with van der Waals surface area (Å²) in [4.78, 5) is 12.9. The minimum atomic E-state index is -0.261. The third-order valence-corrected chi connectivity index (χ3v) is 5.12. The summed E-state index contributed by atoms with van der Waals surface area (Å²) in [5.41, 5.74) is 4.61. The molecular formula is C26H25NO4. The van der Waals surface area contributed by atoms with Gasteiger partial charge in [-0.25, -0.2) is 0 Å². The van der Waals surface area contributed by atoms with Crippen molar-refractivity contribution in [2.45, 2.75) is 26.4 Å². The van der Waals surface area contributed by atoms with Crippen LogP contribution >= 0.6 is 0 Å². The first-order valence-electron chi connectivity index (χ1n) is 10.2. The summed E-state index contributed by atoms with van der Waals surface area (Å²) >= 11 is 0. The fourth-order valence-electron chi connectivity index (χ4n) is 3.55. The number of carbonyl (C=O) groups is 1. The van der Waals surface area contributed by atoms with Crippen molar-refractivity contribution < 1.29 is 18.7 Å². The molecule has 0 saturated heterocycles. The summed E-state index contributed by atoms with van der Waals surface area (Å²) in [6, 6.07) is 25.6. The lowest BCUT2D eigenvalue weighted by Crippen LogP contribution is -2.24. The Morgan fingerprint density at radius 2 is 1.55 bits per heavy atom. The van der Waals surface area contributed by atoms with Gasteiger partial charge in [-0.1, -0.05) is 72.8 Å². The van der Waals surface area contributed by atoms with Gasteiger partial charge >= 0.3 is 0 Å². The molecule has 0 bridgehead atoms. The van der Waals surface area contributed by atoms with E-state index in [1.165, 1.54) is 0 Å². The van der Waals surface area contributed by atoms with E-state index in [-0.39, 0.29) is 5.91 Å². The predicted octanol–water partition coefficient (Wildman–Crippen LogP) is 5.23. The standard InChI is InChI=1S/C26H25NO4/c1-29-18-23-22-13-7-8-14-24(22)31-25(23)26(28)27-15-20-11-5-6-12-21(20)17-30-16-19-9-3-2-4-10-19/h2-14H,15-18H2,1H3,(H,27,28). The third kappa shape index (κ3) is 5.02. The minimum absolute atomic E-state index is 0.261. The predicted molar refractivity (Wildman–Crippen MR) is 119 cm³/mol. The number of furan rings is 1. The Labute approximate surface area is 181 Å². The Kier molecular flexibility index (Phi) is 6.77. The second kappa shape index (κ2) is 10.1. The van der Waals surface area contributed by atoms with Crippen LogP contribution in [0.15, 0.2) is 83.3 Å². The number of carbonyl (C=O) groups excluding carboxylic acids is 1. The molecule has 0 aliphatic rings. The first-order chi connectivity index (χ1) is 15.3. The monoisotopic (exact) mass is 415 g/mol.